The van der Waals surface area contributed by atoms with Gasteiger partial charge in [-0.2, -0.15) is 0 Å². The third-order valence-electron chi connectivity index (χ3n) is 7.12. The molecular formula is C26H28N4O3. The van der Waals surface area contributed by atoms with Gasteiger partial charge in [0.15, 0.2) is 0 Å². The second-order valence-electron chi connectivity index (χ2n) is 9.33. The number of fused-ring (bicyclic) bond motifs is 1. The van der Waals surface area contributed by atoms with Crippen LogP contribution in [0.4, 0.5) is 4.79 Å². The first-order valence-electron chi connectivity index (χ1n) is 11.5. The summed E-state index contributed by atoms with van der Waals surface area (Å²) in [5, 5.41) is 6.33. The van der Waals surface area contributed by atoms with Gasteiger partial charge in [0.05, 0.1) is 0 Å². The number of H-pyrrole nitrogens is 1. The van der Waals surface area contributed by atoms with E-state index in [1.807, 2.05) is 30.9 Å². The van der Waals surface area contributed by atoms with E-state index in [1.165, 1.54) is 11.1 Å². The molecule has 0 saturated carbocycles. The molecule has 2 saturated heterocycles. The van der Waals surface area contributed by atoms with Crippen LogP contribution in [0.1, 0.15) is 54.2 Å². The Bertz CT molecular complexity index is 1190. The van der Waals surface area contributed by atoms with Crippen molar-refractivity contribution in [3.63, 3.8) is 0 Å². The van der Waals surface area contributed by atoms with E-state index < -0.39 is 11.6 Å². The molecular weight excluding hydrogens is 416 g/mol. The van der Waals surface area contributed by atoms with E-state index in [1.54, 1.807) is 24.3 Å². The monoisotopic (exact) mass is 444 g/mol. The number of nitrogens with one attached hydrogen (secondary N) is 3. The van der Waals surface area contributed by atoms with E-state index in [-0.39, 0.29) is 17.7 Å². The van der Waals surface area contributed by atoms with Crippen molar-refractivity contribution in [1.29, 1.82) is 0 Å². The molecule has 2 aromatic carbocycles. The molecule has 0 bridgehead atoms. The van der Waals surface area contributed by atoms with Gasteiger partial charge in [0, 0.05) is 35.8 Å². The van der Waals surface area contributed by atoms with Crippen LogP contribution in [0.5, 0.6) is 0 Å². The SMILES string of the molecule is CC(C)C1(c2ccc(C(=O)N3CCC(c4cc5ccccc5[nH]4)CC3)cc2)NC(=O)NC1=O. The summed E-state index contributed by atoms with van der Waals surface area (Å²) >= 11 is 0. The molecule has 1 aromatic heterocycles. The average Bonchev–Trinajstić information content (AvgIpc) is 3.39. The Kier molecular flexibility index (Phi) is 5.19. The van der Waals surface area contributed by atoms with Gasteiger partial charge in [-0.05, 0) is 54.0 Å². The fourth-order valence-corrected chi connectivity index (χ4v) is 5.18. The first kappa shape index (κ1) is 21.2. The third-order valence-corrected chi connectivity index (χ3v) is 7.12. The molecule has 2 fully saturated rings. The molecule has 1 atom stereocenters. The standard InChI is InChI=1S/C26H28N4O3/c1-16(2)26(24(32)28-25(33)29-26)20-9-7-18(8-10-20)23(31)30-13-11-17(12-14-30)22-15-19-5-3-4-6-21(19)27-22/h3-10,15-17,27H,11-14H2,1-2H3,(H2,28,29,32,33). The molecule has 3 aromatic rings. The molecule has 33 heavy (non-hydrogen) atoms. The van der Waals surface area contributed by atoms with Crippen molar-refractivity contribution in [2.75, 3.05) is 13.1 Å². The van der Waals surface area contributed by atoms with Gasteiger partial charge in [-0.3, -0.25) is 14.9 Å². The Hall–Kier alpha value is -3.61. The number of hydrogen-bond donors (Lipinski definition) is 3. The predicted octanol–water partition coefficient (Wildman–Crippen LogP) is 3.88. The number of para-hydroxylation sites is 1. The fraction of sp³-hybridized carbons (Fsp3) is 0.346. The zero-order valence-electron chi connectivity index (χ0n) is 18.9. The van der Waals surface area contributed by atoms with Crippen LogP contribution in [0.15, 0.2) is 54.6 Å². The summed E-state index contributed by atoms with van der Waals surface area (Å²) in [6.07, 6.45) is 1.83. The van der Waals surface area contributed by atoms with E-state index in [9.17, 15) is 14.4 Å². The van der Waals surface area contributed by atoms with Crippen LogP contribution in [0.2, 0.25) is 0 Å². The van der Waals surface area contributed by atoms with Gasteiger partial charge < -0.3 is 15.2 Å². The van der Waals surface area contributed by atoms with Crippen molar-refractivity contribution in [2.45, 2.75) is 38.1 Å². The number of nitrogens with zero attached hydrogens (tertiary/aromatic N) is 1. The number of aromatic nitrogens is 1. The molecule has 0 aliphatic carbocycles. The quantitative estimate of drug-likeness (QED) is 0.533. The highest BCUT2D eigenvalue weighted by atomic mass is 16.2. The van der Waals surface area contributed by atoms with Crippen LogP contribution < -0.4 is 10.6 Å². The second kappa shape index (κ2) is 8.06. The van der Waals surface area contributed by atoms with Crippen LogP contribution >= 0.6 is 0 Å². The highest BCUT2D eigenvalue weighted by Gasteiger charge is 2.50. The molecule has 4 amide bonds. The first-order valence-corrected chi connectivity index (χ1v) is 11.5. The molecule has 0 radical (unpaired) electrons. The highest BCUT2D eigenvalue weighted by Crippen LogP contribution is 2.34. The number of aromatic amines is 1. The molecule has 0 spiro atoms. The topological polar surface area (TPSA) is 94.3 Å². The minimum absolute atomic E-state index is 0.00449. The lowest BCUT2D eigenvalue weighted by molar-refractivity contribution is -0.125. The summed E-state index contributed by atoms with van der Waals surface area (Å²) in [6.45, 7) is 5.19. The van der Waals surface area contributed by atoms with E-state index in [2.05, 4.69) is 33.8 Å². The van der Waals surface area contributed by atoms with Crippen LogP contribution in [-0.2, 0) is 10.3 Å². The molecule has 3 heterocycles. The molecule has 3 N–H and O–H groups in total. The lowest BCUT2D eigenvalue weighted by Gasteiger charge is -2.32. The maximum Gasteiger partial charge on any atom is 0.322 e. The van der Waals surface area contributed by atoms with Crippen molar-refractivity contribution < 1.29 is 14.4 Å². The van der Waals surface area contributed by atoms with Crippen molar-refractivity contribution in [3.8, 4) is 0 Å². The van der Waals surface area contributed by atoms with Gasteiger partial charge in [-0.15, -0.1) is 0 Å². The summed E-state index contributed by atoms with van der Waals surface area (Å²) in [5.41, 5.74) is 2.54. The number of piperidine rings is 1. The van der Waals surface area contributed by atoms with E-state index >= 15 is 0 Å². The lowest BCUT2D eigenvalue weighted by atomic mass is 9.79. The normalized spacial score (nSPS) is 21.5. The second-order valence-corrected chi connectivity index (χ2v) is 9.33. The number of rotatable bonds is 4. The van der Waals surface area contributed by atoms with Gasteiger partial charge in [0.25, 0.3) is 11.8 Å². The summed E-state index contributed by atoms with van der Waals surface area (Å²) in [4.78, 5) is 42.9. The summed E-state index contributed by atoms with van der Waals surface area (Å²) < 4.78 is 0. The first-order chi connectivity index (χ1) is 15.9. The molecule has 7 nitrogen and oxygen atoms in total. The number of benzene rings is 2. The van der Waals surface area contributed by atoms with Gasteiger partial charge >= 0.3 is 6.03 Å². The number of amides is 4. The van der Waals surface area contributed by atoms with Crippen LogP contribution in [0.25, 0.3) is 10.9 Å². The minimum atomic E-state index is -1.11. The number of carbonyl (C=O) groups is 3. The summed E-state index contributed by atoms with van der Waals surface area (Å²) in [5.74, 6) is -0.0934. The smallest absolute Gasteiger partial charge is 0.322 e. The maximum atomic E-state index is 13.1. The largest absolute Gasteiger partial charge is 0.358 e. The van der Waals surface area contributed by atoms with Gasteiger partial charge in [0.2, 0.25) is 0 Å². The van der Waals surface area contributed by atoms with Crippen molar-refractivity contribution >= 4 is 28.7 Å². The molecule has 2 aliphatic heterocycles. The number of likely N-dealkylation sites (tertiary alicyclic amines) is 1. The maximum absolute atomic E-state index is 13.1. The highest BCUT2D eigenvalue weighted by molar-refractivity contribution is 6.07. The summed E-state index contributed by atoms with van der Waals surface area (Å²) in [7, 11) is 0. The fourth-order valence-electron chi connectivity index (χ4n) is 5.18. The van der Waals surface area contributed by atoms with Crippen molar-refractivity contribution in [1.82, 2.24) is 20.5 Å². The predicted molar refractivity (Wildman–Crippen MR) is 126 cm³/mol. The Labute approximate surface area is 192 Å². The average molecular weight is 445 g/mol. The summed E-state index contributed by atoms with van der Waals surface area (Å²) in [6, 6.07) is 17.1. The lowest BCUT2D eigenvalue weighted by Crippen LogP contribution is -2.48. The van der Waals surface area contributed by atoms with E-state index in [0.717, 1.165) is 18.4 Å². The number of urea groups is 1. The molecule has 2 aliphatic rings. The molecule has 170 valence electrons. The van der Waals surface area contributed by atoms with Crippen LogP contribution in [0, 0.1) is 5.92 Å². The van der Waals surface area contributed by atoms with Crippen molar-refractivity contribution in [3.05, 3.63) is 71.4 Å². The van der Waals surface area contributed by atoms with E-state index in [4.69, 9.17) is 0 Å². The molecule has 1 unspecified atom stereocenters. The Morgan fingerprint density at radius 1 is 1.03 bits per heavy atom. The minimum Gasteiger partial charge on any atom is -0.358 e. The number of hydrogen-bond acceptors (Lipinski definition) is 3. The van der Waals surface area contributed by atoms with Crippen LogP contribution in [0.3, 0.4) is 0 Å². The zero-order chi connectivity index (χ0) is 23.2. The molecule has 7 heteroatoms. The van der Waals surface area contributed by atoms with Crippen molar-refractivity contribution in [2.24, 2.45) is 5.92 Å². The Balaban J connectivity index is 1.28. The van der Waals surface area contributed by atoms with Gasteiger partial charge in [-0.1, -0.05) is 44.2 Å². The van der Waals surface area contributed by atoms with Crippen LogP contribution in [-0.4, -0.2) is 40.8 Å². The Morgan fingerprint density at radius 2 is 1.73 bits per heavy atom. The molecule has 5 rings (SSSR count). The van der Waals surface area contributed by atoms with E-state index in [0.29, 0.717) is 30.1 Å². The zero-order valence-corrected chi connectivity index (χ0v) is 18.9. The Morgan fingerprint density at radius 3 is 2.33 bits per heavy atom. The van der Waals surface area contributed by atoms with Gasteiger partial charge in [-0.25, -0.2) is 4.79 Å². The third kappa shape index (κ3) is 3.57. The van der Waals surface area contributed by atoms with Gasteiger partial charge in [0.1, 0.15) is 5.54 Å². The number of carbonyl (C=O) groups excluding carboxylic acids is 3. The number of imide groups is 1.